The van der Waals surface area contributed by atoms with Crippen LogP contribution in [0.5, 0.6) is 5.75 Å². The van der Waals surface area contributed by atoms with E-state index in [-0.39, 0.29) is 21.9 Å². The average Bonchev–Trinajstić information content (AvgIpc) is 3.38. The quantitative estimate of drug-likeness (QED) is 0.253. The average molecular weight is 478 g/mol. The molecular formula is C24H16ClN3O4S. The Morgan fingerprint density at radius 3 is 2.61 bits per heavy atom. The summed E-state index contributed by atoms with van der Waals surface area (Å²) in [5.41, 5.74) is 1.42. The number of amides is 1. The molecule has 1 atom stereocenters. The third kappa shape index (κ3) is 3.53. The van der Waals surface area contributed by atoms with E-state index in [4.69, 9.17) is 16.3 Å². The van der Waals surface area contributed by atoms with Gasteiger partial charge >= 0.3 is 5.91 Å². The number of halogens is 1. The van der Waals surface area contributed by atoms with E-state index in [1.807, 2.05) is 24.3 Å². The van der Waals surface area contributed by atoms with E-state index < -0.39 is 17.7 Å². The molecule has 9 heteroatoms. The number of benzene rings is 2. The Morgan fingerprint density at radius 2 is 1.88 bits per heavy atom. The van der Waals surface area contributed by atoms with E-state index in [1.54, 1.807) is 36.7 Å². The molecule has 164 valence electrons. The lowest BCUT2D eigenvalue weighted by Gasteiger charge is -2.22. The van der Waals surface area contributed by atoms with E-state index in [2.05, 4.69) is 9.97 Å². The van der Waals surface area contributed by atoms with Gasteiger partial charge < -0.3 is 9.84 Å². The van der Waals surface area contributed by atoms with Gasteiger partial charge in [-0.15, -0.1) is 0 Å². The van der Waals surface area contributed by atoms with Crippen LogP contribution >= 0.6 is 22.9 Å². The van der Waals surface area contributed by atoms with Gasteiger partial charge in [-0.1, -0.05) is 35.1 Å². The highest BCUT2D eigenvalue weighted by atomic mass is 35.5. The summed E-state index contributed by atoms with van der Waals surface area (Å²) >= 11 is 7.62. The molecule has 1 saturated heterocycles. The van der Waals surface area contributed by atoms with Crippen molar-refractivity contribution in [1.29, 1.82) is 0 Å². The zero-order valence-electron chi connectivity index (χ0n) is 17.2. The molecule has 1 aliphatic rings. The Labute approximate surface area is 197 Å². The van der Waals surface area contributed by atoms with Gasteiger partial charge in [-0.3, -0.25) is 19.5 Å². The van der Waals surface area contributed by atoms with Crippen LogP contribution in [0.25, 0.3) is 16.0 Å². The predicted molar refractivity (Wildman–Crippen MR) is 127 cm³/mol. The van der Waals surface area contributed by atoms with Crippen molar-refractivity contribution in [2.45, 2.75) is 6.04 Å². The molecule has 7 nitrogen and oxygen atoms in total. The molecule has 2 aromatic heterocycles. The summed E-state index contributed by atoms with van der Waals surface area (Å²) < 4.78 is 6.11. The van der Waals surface area contributed by atoms with Crippen LogP contribution < -0.4 is 9.64 Å². The second-order valence-corrected chi connectivity index (χ2v) is 8.68. The fourth-order valence-corrected chi connectivity index (χ4v) is 5.01. The number of aliphatic hydroxyl groups excluding tert-OH is 1. The van der Waals surface area contributed by atoms with Crippen molar-refractivity contribution in [1.82, 2.24) is 9.97 Å². The molecule has 0 spiro atoms. The zero-order chi connectivity index (χ0) is 23.1. The number of carbonyl (C=O) groups excluding carboxylic acids is 2. The number of fused-ring (bicyclic) bond motifs is 1. The van der Waals surface area contributed by atoms with Crippen LogP contribution in [0.1, 0.15) is 17.2 Å². The maximum Gasteiger partial charge on any atom is 0.301 e. The fraction of sp³-hybridized carbons (Fsp3) is 0.0833. The van der Waals surface area contributed by atoms with E-state index in [0.29, 0.717) is 22.0 Å². The summed E-state index contributed by atoms with van der Waals surface area (Å²) in [7, 11) is 1.48. The van der Waals surface area contributed by atoms with Gasteiger partial charge in [0.1, 0.15) is 11.5 Å². The standard InChI is InChI=1S/C24H16ClN3O4S/c1-32-14-6-7-16(25)15(12-14)21(29)19-20(13-8-10-26-11-9-13)28(23(31)22(19)30)24-27-17-4-2-3-5-18(17)33-24/h2-12,20,29H,1H3/b21-19+. The number of hydrogen-bond donors (Lipinski definition) is 1. The topological polar surface area (TPSA) is 92.6 Å². The molecule has 1 aliphatic heterocycles. The molecule has 3 heterocycles. The van der Waals surface area contributed by atoms with Gasteiger partial charge in [0.15, 0.2) is 5.13 Å². The lowest BCUT2D eigenvalue weighted by atomic mass is 9.96. The number of nitrogens with zero attached hydrogens (tertiary/aromatic N) is 3. The molecule has 0 bridgehead atoms. The van der Waals surface area contributed by atoms with Gasteiger partial charge in [-0.05, 0) is 48.0 Å². The summed E-state index contributed by atoms with van der Waals surface area (Å²) in [5.74, 6) is -1.55. The fourth-order valence-electron chi connectivity index (χ4n) is 3.81. The van der Waals surface area contributed by atoms with Crippen LogP contribution in [0.4, 0.5) is 5.13 Å². The van der Waals surface area contributed by atoms with Gasteiger partial charge in [0.25, 0.3) is 5.78 Å². The summed E-state index contributed by atoms with van der Waals surface area (Å²) in [5, 5.41) is 11.8. The number of aliphatic hydroxyl groups is 1. The number of Topliss-reactive ketones (excluding diaryl/α,β-unsaturated/α-hetero) is 1. The molecular weight excluding hydrogens is 462 g/mol. The SMILES string of the molecule is COc1ccc(Cl)c(/C(O)=C2\C(=O)C(=O)N(c3nc4ccccc4s3)C2c2ccncc2)c1. The van der Waals surface area contributed by atoms with Gasteiger partial charge in [-0.2, -0.15) is 0 Å². The first kappa shape index (κ1) is 21.1. The van der Waals surface area contributed by atoms with E-state index in [9.17, 15) is 14.7 Å². The maximum atomic E-state index is 13.2. The van der Waals surface area contributed by atoms with Crippen LogP contribution in [0.2, 0.25) is 5.02 Å². The molecule has 2 aromatic carbocycles. The largest absolute Gasteiger partial charge is 0.507 e. The Kier molecular flexibility index (Phi) is 5.32. The van der Waals surface area contributed by atoms with Gasteiger partial charge in [-0.25, -0.2) is 4.98 Å². The summed E-state index contributed by atoms with van der Waals surface area (Å²) in [6.45, 7) is 0. The Hall–Kier alpha value is -3.75. The molecule has 5 rings (SSSR count). The number of thiazole rings is 1. The van der Waals surface area contributed by atoms with Gasteiger partial charge in [0.2, 0.25) is 0 Å². The first-order valence-corrected chi connectivity index (χ1v) is 11.1. The highest BCUT2D eigenvalue weighted by molar-refractivity contribution is 7.22. The zero-order valence-corrected chi connectivity index (χ0v) is 18.8. The number of para-hydroxylation sites is 1. The molecule has 1 N–H and O–H groups in total. The number of rotatable bonds is 4. The number of ketones is 1. The minimum Gasteiger partial charge on any atom is -0.507 e. The Morgan fingerprint density at radius 1 is 1.12 bits per heavy atom. The first-order valence-electron chi connectivity index (χ1n) is 9.90. The van der Waals surface area contributed by atoms with Crippen molar-refractivity contribution >= 4 is 55.7 Å². The highest BCUT2D eigenvalue weighted by Crippen LogP contribution is 2.45. The lowest BCUT2D eigenvalue weighted by molar-refractivity contribution is -0.132. The normalized spacial score (nSPS) is 17.6. The molecule has 0 aliphatic carbocycles. The highest BCUT2D eigenvalue weighted by Gasteiger charge is 2.48. The van der Waals surface area contributed by atoms with Crippen LogP contribution in [0, 0.1) is 0 Å². The maximum absolute atomic E-state index is 13.2. The number of pyridine rings is 1. The van der Waals surface area contributed by atoms with Crippen LogP contribution in [0.15, 0.2) is 72.6 Å². The third-order valence-electron chi connectivity index (χ3n) is 5.38. The molecule has 1 amide bonds. The minimum absolute atomic E-state index is 0.0828. The van der Waals surface area contributed by atoms with E-state index >= 15 is 0 Å². The number of methoxy groups -OCH3 is 1. The van der Waals surface area contributed by atoms with Gasteiger partial charge in [0.05, 0.1) is 34.0 Å². The van der Waals surface area contributed by atoms with Crippen LogP contribution in [-0.2, 0) is 9.59 Å². The van der Waals surface area contributed by atoms with Crippen molar-refractivity contribution in [2.75, 3.05) is 12.0 Å². The van der Waals surface area contributed by atoms with Gasteiger partial charge in [0, 0.05) is 18.0 Å². The molecule has 1 unspecified atom stereocenters. The number of ether oxygens (including phenoxy) is 1. The van der Waals surface area contributed by atoms with Crippen LogP contribution in [0.3, 0.4) is 0 Å². The predicted octanol–water partition coefficient (Wildman–Crippen LogP) is 4.98. The smallest absolute Gasteiger partial charge is 0.301 e. The van der Waals surface area contributed by atoms with Crippen molar-refractivity contribution in [3.8, 4) is 5.75 Å². The number of aromatic nitrogens is 2. The molecule has 1 fully saturated rings. The van der Waals surface area contributed by atoms with E-state index in [0.717, 1.165) is 4.70 Å². The molecule has 4 aromatic rings. The number of hydrogen-bond acceptors (Lipinski definition) is 7. The first-order chi connectivity index (χ1) is 16.0. The second-order valence-electron chi connectivity index (χ2n) is 7.26. The van der Waals surface area contributed by atoms with Crippen molar-refractivity contribution in [3.63, 3.8) is 0 Å². The number of carbonyl (C=O) groups is 2. The molecule has 0 saturated carbocycles. The molecule has 0 radical (unpaired) electrons. The minimum atomic E-state index is -0.907. The Balaban J connectivity index is 1.75. The second kappa shape index (κ2) is 8.31. The third-order valence-corrected chi connectivity index (χ3v) is 6.75. The van der Waals surface area contributed by atoms with E-state index in [1.165, 1.54) is 29.4 Å². The summed E-state index contributed by atoms with van der Waals surface area (Å²) in [6.07, 6.45) is 3.12. The summed E-state index contributed by atoms with van der Waals surface area (Å²) in [6, 6.07) is 14.7. The summed E-state index contributed by atoms with van der Waals surface area (Å²) in [4.78, 5) is 36.4. The van der Waals surface area contributed by atoms with Crippen molar-refractivity contribution in [2.24, 2.45) is 0 Å². The molecule has 33 heavy (non-hydrogen) atoms. The van der Waals surface area contributed by atoms with Crippen molar-refractivity contribution < 1.29 is 19.4 Å². The monoisotopic (exact) mass is 477 g/mol. The lowest BCUT2D eigenvalue weighted by Crippen LogP contribution is -2.29. The number of anilines is 1. The Bertz CT molecular complexity index is 1400. The van der Waals surface area contributed by atoms with Crippen LogP contribution in [-0.4, -0.2) is 33.9 Å². The van der Waals surface area contributed by atoms with Crippen molar-refractivity contribution in [3.05, 3.63) is 88.7 Å².